The lowest BCUT2D eigenvalue weighted by molar-refractivity contribution is -0.139. The molecule has 1 atom stereocenters. The molecular weight excluding hydrogens is 244 g/mol. The number of hydrogen-bond donors (Lipinski definition) is 2. The summed E-state index contributed by atoms with van der Waals surface area (Å²) in [4.78, 5) is 24.1. The van der Waals surface area contributed by atoms with E-state index in [4.69, 9.17) is 0 Å². The van der Waals surface area contributed by atoms with Crippen LogP contribution in [0.5, 0.6) is 0 Å². The van der Waals surface area contributed by atoms with Gasteiger partial charge in [0.1, 0.15) is 0 Å². The molecule has 0 aromatic heterocycles. The lowest BCUT2D eigenvalue weighted by atomic mass is 10.1. The van der Waals surface area contributed by atoms with E-state index in [0.717, 1.165) is 0 Å². The van der Waals surface area contributed by atoms with Crippen molar-refractivity contribution in [3.05, 3.63) is 35.9 Å². The molecule has 0 aliphatic carbocycles. The summed E-state index contributed by atoms with van der Waals surface area (Å²) >= 11 is 0. The van der Waals surface area contributed by atoms with Crippen LogP contribution in [0.25, 0.3) is 0 Å². The number of hydrogen-bond acceptors (Lipinski definition) is 3. The maximum atomic E-state index is 12.0. The normalized spacial score (nSPS) is 11.7. The minimum Gasteiger partial charge on any atom is -0.378 e. The molecule has 5 heteroatoms. The van der Waals surface area contributed by atoms with E-state index in [2.05, 4.69) is 5.32 Å². The van der Waals surface area contributed by atoms with Gasteiger partial charge in [-0.05, 0) is 12.0 Å². The van der Waals surface area contributed by atoms with Crippen molar-refractivity contribution in [2.45, 2.75) is 19.4 Å². The van der Waals surface area contributed by atoms with Gasteiger partial charge in [-0.1, -0.05) is 30.3 Å². The average molecular weight is 264 g/mol. The maximum absolute atomic E-state index is 12.0. The Kier molecular flexibility index (Phi) is 6.02. The van der Waals surface area contributed by atoms with Crippen molar-refractivity contribution in [3.8, 4) is 0 Å². The molecule has 0 saturated heterocycles. The van der Waals surface area contributed by atoms with Crippen LogP contribution >= 0.6 is 0 Å². The first kappa shape index (κ1) is 15.2. The van der Waals surface area contributed by atoms with Crippen LogP contribution < -0.4 is 5.32 Å². The second kappa shape index (κ2) is 7.53. The molecule has 19 heavy (non-hydrogen) atoms. The highest BCUT2D eigenvalue weighted by Crippen LogP contribution is 2.14. The first-order valence-corrected chi connectivity index (χ1v) is 6.25. The van der Waals surface area contributed by atoms with Crippen LogP contribution in [-0.2, 0) is 9.59 Å². The molecule has 0 aliphatic rings. The molecule has 2 N–H and O–H groups in total. The number of rotatable bonds is 6. The van der Waals surface area contributed by atoms with E-state index in [1.165, 1.54) is 11.8 Å². The molecule has 0 aliphatic heterocycles. The minimum atomic E-state index is -1.13. The topological polar surface area (TPSA) is 69.6 Å². The van der Waals surface area contributed by atoms with E-state index in [1.54, 1.807) is 31.3 Å². The average Bonchev–Trinajstić information content (AvgIpc) is 2.42. The van der Waals surface area contributed by atoms with Gasteiger partial charge in [-0.25, -0.2) is 0 Å². The number of likely N-dealkylation sites (N-methyl/N-ethyl adjacent to an activating group) is 1. The largest absolute Gasteiger partial charge is 0.378 e. The van der Waals surface area contributed by atoms with Crippen molar-refractivity contribution in [1.82, 2.24) is 10.2 Å². The van der Waals surface area contributed by atoms with Crippen LogP contribution in [0.3, 0.4) is 0 Å². The Morgan fingerprint density at radius 2 is 1.95 bits per heavy atom. The van der Waals surface area contributed by atoms with E-state index in [0.29, 0.717) is 25.1 Å². The highest BCUT2D eigenvalue weighted by Gasteiger charge is 2.20. The van der Waals surface area contributed by atoms with Crippen molar-refractivity contribution < 1.29 is 14.7 Å². The van der Waals surface area contributed by atoms with Crippen LogP contribution in [0.2, 0.25) is 0 Å². The van der Waals surface area contributed by atoms with Crippen molar-refractivity contribution in [2.75, 3.05) is 20.1 Å². The number of nitrogens with zero attached hydrogens (tertiary/aromatic N) is 1. The second-order valence-corrected chi connectivity index (χ2v) is 4.41. The first-order valence-electron chi connectivity index (χ1n) is 6.25. The third-order valence-corrected chi connectivity index (χ3v) is 2.77. The van der Waals surface area contributed by atoms with Gasteiger partial charge in [-0.15, -0.1) is 0 Å². The molecule has 1 aromatic rings. The smallest absolute Gasteiger partial charge is 0.255 e. The number of aliphatic hydroxyl groups excluding tert-OH is 1. The van der Waals surface area contributed by atoms with Crippen molar-refractivity contribution in [1.29, 1.82) is 0 Å². The van der Waals surface area contributed by atoms with Gasteiger partial charge in [0.05, 0.1) is 0 Å². The minimum absolute atomic E-state index is 0.0849. The molecule has 104 valence electrons. The SMILES string of the molecule is CC(=O)NCCCN(C)C(=O)C(O)c1ccccc1. The van der Waals surface area contributed by atoms with Crippen LogP contribution in [0.1, 0.15) is 25.0 Å². The van der Waals surface area contributed by atoms with Gasteiger partial charge in [0.15, 0.2) is 6.10 Å². The molecule has 1 aromatic carbocycles. The highest BCUT2D eigenvalue weighted by molar-refractivity contribution is 5.81. The van der Waals surface area contributed by atoms with Gasteiger partial charge < -0.3 is 15.3 Å². The fraction of sp³-hybridized carbons (Fsp3) is 0.429. The zero-order chi connectivity index (χ0) is 14.3. The summed E-state index contributed by atoms with van der Waals surface area (Å²) in [7, 11) is 1.64. The summed E-state index contributed by atoms with van der Waals surface area (Å²) in [5, 5.41) is 12.6. The van der Waals surface area contributed by atoms with E-state index in [1.807, 2.05) is 6.07 Å². The molecule has 0 spiro atoms. The predicted molar refractivity (Wildman–Crippen MR) is 72.3 cm³/mol. The Morgan fingerprint density at radius 3 is 2.53 bits per heavy atom. The zero-order valence-electron chi connectivity index (χ0n) is 11.3. The molecule has 1 rings (SSSR count). The van der Waals surface area contributed by atoms with Crippen LogP contribution in [-0.4, -0.2) is 42.0 Å². The fourth-order valence-electron chi connectivity index (χ4n) is 1.68. The Bertz CT molecular complexity index is 420. The number of nitrogens with one attached hydrogen (secondary N) is 1. The van der Waals surface area contributed by atoms with Gasteiger partial charge in [-0.2, -0.15) is 0 Å². The van der Waals surface area contributed by atoms with Crippen LogP contribution in [0, 0.1) is 0 Å². The molecule has 5 nitrogen and oxygen atoms in total. The van der Waals surface area contributed by atoms with E-state index in [-0.39, 0.29) is 11.8 Å². The van der Waals surface area contributed by atoms with E-state index < -0.39 is 6.10 Å². The van der Waals surface area contributed by atoms with Crippen LogP contribution in [0.4, 0.5) is 0 Å². The molecule has 2 amide bonds. The van der Waals surface area contributed by atoms with Gasteiger partial charge in [-0.3, -0.25) is 9.59 Å². The highest BCUT2D eigenvalue weighted by atomic mass is 16.3. The molecule has 0 bridgehead atoms. The number of carbonyl (C=O) groups is 2. The molecular formula is C14H20N2O3. The standard InChI is InChI=1S/C14H20N2O3/c1-11(17)15-9-6-10-16(2)14(19)13(18)12-7-4-3-5-8-12/h3-5,7-8,13,18H,6,9-10H2,1-2H3,(H,15,17). The quantitative estimate of drug-likeness (QED) is 0.743. The third-order valence-electron chi connectivity index (χ3n) is 2.77. The van der Waals surface area contributed by atoms with Crippen molar-refractivity contribution in [2.24, 2.45) is 0 Å². The molecule has 0 fully saturated rings. The third kappa shape index (κ3) is 5.09. The van der Waals surface area contributed by atoms with E-state index in [9.17, 15) is 14.7 Å². The summed E-state index contributed by atoms with van der Waals surface area (Å²) in [5.41, 5.74) is 0.584. The zero-order valence-corrected chi connectivity index (χ0v) is 11.3. The Balaban J connectivity index is 2.42. The number of benzene rings is 1. The summed E-state index contributed by atoms with van der Waals surface area (Å²) in [6.45, 7) is 2.46. The number of amides is 2. The Labute approximate surface area is 113 Å². The molecule has 0 heterocycles. The van der Waals surface area contributed by atoms with Gasteiger partial charge >= 0.3 is 0 Å². The summed E-state index contributed by atoms with van der Waals surface area (Å²) in [6, 6.07) is 8.82. The van der Waals surface area contributed by atoms with Gasteiger partial charge in [0, 0.05) is 27.1 Å². The monoisotopic (exact) mass is 264 g/mol. The number of aliphatic hydroxyl groups is 1. The first-order chi connectivity index (χ1) is 9.02. The Hall–Kier alpha value is -1.88. The maximum Gasteiger partial charge on any atom is 0.255 e. The lowest BCUT2D eigenvalue weighted by Gasteiger charge is -2.20. The molecule has 0 radical (unpaired) electrons. The van der Waals surface area contributed by atoms with Gasteiger partial charge in [0.25, 0.3) is 5.91 Å². The molecule has 1 unspecified atom stereocenters. The van der Waals surface area contributed by atoms with Crippen molar-refractivity contribution >= 4 is 11.8 Å². The molecule has 0 saturated carbocycles. The second-order valence-electron chi connectivity index (χ2n) is 4.41. The summed E-state index contributed by atoms with van der Waals surface area (Å²) in [5.74, 6) is -0.424. The van der Waals surface area contributed by atoms with Gasteiger partial charge in [0.2, 0.25) is 5.91 Å². The number of carbonyl (C=O) groups excluding carboxylic acids is 2. The summed E-state index contributed by atoms with van der Waals surface area (Å²) in [6.07, 6.45) is -0.476. The Morgan fingerprint density at radius 1 is 1.32 bits per heavy atom. The van der Waals surface area contributed by atoms with Crippen molar-refractivity contribution in [3.63, 3.8) is 0 Å². The predicted octanol–water partition coefficient (Wildman–Crippen LogP) is 0.705. The lowest BCUT2D eigenvalue weighted by Crippen LogP contribution is -2.34. The fourth-order valence-corrected chi connectivity index (χ4v) is 1.68. The van der Waals surface area contributed by atoms with E-state index >= 15 is 0 Å². The van der Waals surface area contributed by atoms with Crippen LogP contribution in [0.15, 0.2) is 30.3 Å². The summed E-state index contributed by atoms with van der Waals surface area (Å²) < 4.78 is 0.